The zero-order valence-corrected chi connectivity index (χ0v) is 12.4. The molecule has 0 saturated carbocycles. The zero-order valence-electron chi connectivity index (χ0n) is 10.7. The quantitative estimate of drug-likeness (QED) is 0.761. The van der Waals surface area contributed by atoms with Crippen LogP contribution in [0.5, 0.6) is 0 Å². The molecule has 0 aliphatic heterocycles. The summed E-state index contributed by atoms with van der Waals surface area (Å²) in [5.41, 5.74) is 3.81. The number of aliphatic hydroxyl groups is 2. The molecule has 3 aromatic rings. The van der Waals surface area contributed by atoms with Gasteiger partial charge in [-0.3, -0.25) is 0 Å². The smallest absolute Gasteiger partial charge is 0.0688 e. The van der Waals surface area contributed by atoms with Gasteiger partial charge >= 0.3 is 0 Å². The van der Waals surface area contributed by atoms with Gasteiger partial charge in [0.2, 0.25) is 0 Å². The Morgan fingerprint density at radius 2 is 1.25 bits per heavy atom. The third-order valence-corrected chi connectivity index (χ3v) is 5.05. The third-order valence-electron chi connectivity index (χ3n) is 3.24. The highest BCUT2D eigenvalue weighted by Crippen LogP contribution is 2.36. The normalized spacial score (nSPS) is 10.9. The number of aliphatic hydroxyl groups excluding tert-OH is 2. The molecule has 0 aliphatic carbocycles. The highest BCUT2D eigenvalue weighted by atomic mass is 32.1. The van der Waals surface area contributed by atoms with Gasteiger partial charge < -0.3 is 10.2 Å². The summed E-state index contributed by atoms with van der Waals surface area (Å²) in [5, 5.41) is 23.2. The van der Waals surface area contributed by atoms with Gasteiger partial charge in [-0.1, -0.05) is 12.1 Å². The molecule has 0 spiro atoms. The minimum absolute atomic E-state index is 0.0229. The number of hydrogen-bond acceptors (Lipinski definition) is 4. The standard InChI is InChI=1S/C16H14O2S2/c17-9-11-7-12(10-18)14(16-4-2-6-20-16)8-13(11)15-3-1-5-19-15/h1-8,17-18H,9-10H2. The molecule has 4 heteroatoms. The minimum Gasteiger partial charge on any atom is -0.392 e. The van der Waals surface area contributed by atoms with E-state index in [1.54, 1.807) is 22.7 Å². The van der Waals surface area contributed by atoms with Gasteiger partial charge in [-0.15, -0.1) is 22.7 Å². The Morgan fingerprint density at radius 1 is 0.750 bits per heavy atom. The molecule has 0 fully saturated rings. The number of benzene rings is 1. The Bertz CT molecular complexity index is 628. The Morgan fingerprint density at radius 3 is 1.60 bits per heavy atom. The molecule has 102 valence electrons. The first-order valence-electron chi connectivity index (χ1n) is 6.28. The van der Waals surface area contributed by atoms with Crippen molar-refractivity contribution in [2.24, 2.45) is 0 Å². The van der Waals surface area contributed by atoms with Gasteiger partial charge in [0.05, 0.1) is 13.2 Å². The van der Waals surface area contributed by atoms with Crippen molar-refractivity contribution in [2.75, 3.05) is 0 Å². The minimum atomic E-state index is -0.0229. The second-order valence-electron chi connectivity index (χ2n) is 4.44. The summed E-state index contributed by atoms with van der Waals surface area (Å²) in [5.74, 6) is 0. The molecule has 0 saturated heterocycles. The molecule has 0 bridgehead atoms. The lowest BCUT2D eigenvalue weighted by Gasteiger charge is -2.13. The van der Waals surface area contributed by atoms with Gasteiger partial charge in [0, 0.05) is 9.75 Å². The van der Waals surface area contributed by atoms with Crippen molar-refractivity contribution >= 4 is 22.7 Å². The van der Waals surface area contributed by atoms with Crippen LogP contribution in [0, 0.1) is 0 Å². The molecule has 20 heavy (non-hydrogen) atoms. The molecule has 2 nitrogen and oxygen atoms in total. The van der Waals surface area contributed by atoms with Gasteiger partial charge in [0.1, 0.15) is 0 Å². The molecule has 0 atom stereocenters. The second kappa shape index (κ2) is 5.89. The van der Waals surface area contributed by atoms with Crippen LogP contribution in [-0.4, -0.2) is 10.2 Å². The van der Waals surface area contributed by atoms with Crippen LogP contribution in [0.1, 0.15) is 11.1 Å². The number of rotatable bonds is 4. The van der Waals surface area contributed by atoms with Crippen LogP contribution in [0.25, 0.3) is 20.9 Å². The first-order chi connectivity index (χ1) is 9.83. The maximum absolute atomic E-state index is 9.58. The third kappa shape index (κ3) is 2.43. The summed E-state index contributed by atoms with van der Waals surface area (Å²) < 4.78 is 0. The fourth-order valence-electron chi connectivity index (χ4n) is 2.28. The average Bonchev–Trinajstić information content (AvgIpc) is 3.18. The summed E-state index contributed by atoms with van der Waals surface area (Å²) in [6.45, 7) is -0.0457. The van der Waals surface area contributed by atoms with E-state index in [0.29, 0.717) is 0 Å². The van der Waals surface area contributed by atoms with E-state index in [0.717, 1.165) is 32.0 Å². The van der Waals surface area contributed by atoms with Crippen LogP contribution >= 0.6 is 22.7 Å². The Balaban J connectivity index is 2.22. The monoisotopic (exact) mass is 302 g/mol. The molecular weight excluding hydrogens is 288 g/mol. The SMILES string of the molecule is OCc1cc(CO)c(-c2cccs2)cc1-c1cccs1. The van der Waals surface area contributed by atoms with Crippen LogP contribution in [0.3, 0.4) is 0 Å². The van der Waals surface area contributed by atoms with Crippen molar-refractivity contribution in [3.8, 4) is 20.9 Å². The van der Waals surface area contributed by atoms with Gasteiger partial charge in [-0.2, -0.15) is 0 Å². The van der Waals surface area contributed by atoms with E-state index < -0.39 is 0 Å². The molecule has 0 unspecified atom stereocenters. The average molecular weight is 302 g/mol. The lowest BCUT2D eigenvalue weighted by atomic mass is 9.97. The van der Waals surface area contributed by atoms with E-state index in [-0.39, 0.29) is 13.2 Å². The highest BCUT2D eigenvalue weighted by Gasteiger charge is 2.13. The first-order valence-corrected chi connectivity index (χ1v) is 8.04. The van der Waals surface area contributed by atoms with E-state index in [1.165, 1.54) is 0 Å². The first kappa shape index (κ1) is 13.5. The predicted octanol–water partition coefficient (Wildman–Crippen LogP) is 4.13. The van der Waals surface area contributed by atoms with Gasteiger partial charge in [-0.05, 0) is 57.3 Å². The maximum atomic E-state index is 9.58. The Kier molecular flexibility index (Phi) is 3.98. The summed E-state index contributed by atoms with van der Waals surface area (Å²) in [4.78, 5) is 2.27. The van der Waals surface area contributed by atoms with Crippen molar-refractivity contribution in [3.63, 3.8) is 0 Å². The summed E-state index contributed by atoms with van der Waals surface area (Å²) in [7, 11) is 0. The van der Waals surface area contributed by atoms with Crippen LogP contribution in [-0.2, 0) is 13.2 Å². The topological polar surface area (TPSA) is 40.5 Å². The van der Waals surface area contributed by atoms with Gasteiger partial charge in [-0.25, -0.2) is 0 Å². The highest BCUT2D eigenvalue weighted by molar-refractivity contribution is 7.14. The van der Waals surface area contributed by atoms with Crippen LogP contribution in [0.15, 0.2) is 47.2 Å². The van der Waals surface area contributed by atoms with Crippen molar-refractivity contribution in [3.05, 3.63) is 58.3 Å². The van der Waals surface area contributed by atoms with Gasteiger partial charge in [0.25, 0.3) is 0 Å². The van der Waals surface area contributed by atoms with Crippen LogP contribution in [0.4, 0.5) is 0 Å². The van der Waals surface area contributed by atoms with Crippen molar-refractivity contribution in [1.82, 2.24) is 0 Å². The largest absolute Gasteiger partial charge is 0.392 e. The number of thiophene rings is 2. The van der Waals surface area contributed by atoms with Crippen molar-refractivity contribution < 1.29 is 10.2 Å². The van der Waals surface area contributed by atoms with E-state index in [9.17, 15) is 10.2 Å². The molecule has 3 rings (SSSR count). The fourth-order valence-corrected chi connectivity index (χ4v) is 3.84. The van der Waals surface area contributed by atoms with Gasteiger partial charge in [0.15, 0.2) is 0 Å². The van der Waals surface area contributed by atoms with Crippen molar-refractivity contribution in [1.29, 1.82) is 0 Å². The van der Waals surface area contributed by atoms with E-state index in [4.69, 9.17) is 0 Å². The lowest BCUT2D eigenvalue weighted by Crippen LogP contribution is -1.95. The van der Waals surface area contributed by atoms with Crippen molar-refractivity contribution in [2.45, 2.75) is 13.2 Å². The molecule has 0 aliphatic rings. The van der Waals surface area contributed by atoms with Crippen LogP contribution in [0.2, 0.25) is 0 Å². The molecule has 1 aromatic carbocycles. The molecule has 2 aromatic heterocycles. The van der Waals surface area contributed by atoms with E-state index in [2.05, 4.69) is 18.2 Å². The second-order valence-corrected chi connectivity index (χ2v) is 6.33. The number of hydrogen-bond donors (Lipinski definition) is 2. The fraction of sp³-hybridized carbons (Fsp3) is 0.125. The summed E-state index contributed by atoms with van der Waals surface area (Å²) >= 11 is 3.31. The lowest BCUT2D eigenvalue weighted by molar-refractivity contribution is 0.276. The molecular formula is C16H14O2S2. The van der Waals surface area contributed by atoms with E-state index in [1.807, 2.05) is 29.0 Å². The zero-order chi connectivity index (χ0) is 13.9. The molecule has 0 amide bonds. The maximum Gasteiger partial charge on any atom is 0.0688 e. The Hall–Kier alpha value is -1.46. The predicted molar refractivity (Wildman–Crippen MR) is 84.9 cm³/mol. The Labute approximate surface area is 125 Å². The summed E-state index contributed by atoms with van der Waals surface area (Å²) in [6, 6.07) is 12.1. The van der Waals surface area contributed by atoms with Crippen LogP contribution < -0.4 is 0 Å². The molecule has 2 N–H and O–H groups in total. The molecule has 2 heterocycles. The van der Waals surface area contributed by atoms with E-state index >= 15 is 0 Å². The molecule has 0 radical (unpaired) electrons. The summed E-state index contributed by atoms with van der Waals surface area (Å²) in [6.07, 6.45) is 0.